The molecule has 0 aliphatic carbocycles. The van der Waals surface area contributed by atoms with Crippen LogP contribution >= 0.6 is 0 Å². The summed E-state index contributed by atoms with van der Waals surface area (Å²) < 4.78 is 16.3. The van der Waals surface area contributed by atoms with E-state index in [1.54, 1.807) is 39.8 Å². The second kappa shape index (κ2) is 6.54. The Morgan fingerprint density at radius 2 is 2.00 bits per heavy atom. The fourth-order valence-corrected chi connectivity index (χ4v) is 2.43. The number of carbonyl (C=O) groups excluding carboxylic acids is 1. The van der Waals surface area contributed by atoms with Crippen LogP contribution in [0.25, 0.3) is 0 Å². The largest absolute Gasteiger partial charge is 0.595 e. The molecule has 0 radical (unpaired) electrons. The molecule has 2 rings (SSSR count). The van der Waals surface area contributed by atoms with Gasteiger partial charge in [-0.05, 0) is 27.7 Å². The lowest BCUT2D eigenvalue weighted by atomic mass is 10.0. The van der Waals surface area contributed by atoms with Gasteiger partial charge in [-0.3, -0.25) is 4.79 Å². The quantitative estimate of drug-likeness (QED) is 0.638. The second-order valence-electron chi connectivity index (χ2n) is 6.58. The first kappa shape index (κ1) is 17.8. The Kier molecular flexibility index (Phi) is 5.07. The predicted octanol–water partition coefficient (Wildman–Crippen LogP) is 1.19. The smallest absolute Gasteiger partial charge is 0.311 e. The Bertz CT molecular complexity index is 572. The van der Waals surface area contributed by atoms with Crippen LogP contribution in [0.15, 0.2) is 18.2 Å². The van der Waals surface area contributed by atoms with Crippen molar-refractivity contribution in [3.8, 4) is 0 Å². The highest BCUT2D eigenvalue weighted by Gasteiger charge is 2.34. The lowest BCUT2D eigenvalue weighted by Crippen LogP contribution is -2.99. The number of carbonyl (C=O) groups is 1. The molecular weight excluding hydrogens is 302 g/mol. The van der Waals surface area contributed by atoms with Gasteiger partial charge in [0.05, 0.1) is 19.6 Å². The lowest BCUT2D eigenvalue weighted by Gasteiger charge is -2.25. The highest BCUT2D eigenvalue weighted by molar-refractivity contribution is 5.74. The van der Waals surface area contributed by atoms with E-state index in [9.17, 15) is 15.2 Å². The molecule has 1 saturated heterocycles. The summed E-state index contributed by atoms with van der Waals surface area (Å²) in [7, 11) is 0. The van der Waals surface area contributed by atoms with Crippen molar-refractivity contribution in [3.63, 3.8) is 0 Å². The molecular formula is C16H23NO6. The molecule has 2 N–H and O–H groups in total. The number of esters is 1. The normalized spacial score (nSPS) is 18.7. The van der Waals surface area contributed by atoms with Crippen molar-refractivity contribution in [2.75, 3.05) is 13.2 Å². The zero-order valence-corrected chi connectivity index (χ0v) is 13.8. The highest BCUT2D eigenvalue weighted by atomic mass is 16.8. The number of ether oxygens (including phenoxy) is 3. The van der Waals surface area contributed by atoms with Gasteiger partial charge in [-0.25, -0.2) is 5.21 Å². The Labute approximate surface area is 135 Å². The van der Waals surface area contributed by atoms with Crippen LogP contribution in [-0.4, -0.2) is 30.0 Å². The van der Waals surface area contributed by atoms with Crippen LogP contribution < -0.4 is 5.23 Å². The molecule has 1 aromatic carbocycles. The Hall–Kier alpha value is -1.51. The lowest BCUT2D eigenvalue weighted by molar-refractivity contribution is -0.991. The minimum Gasteiger partial charge on any atom is -0.595 e. The van der Waals surface area contributed by atoms with Gasteiger partial charge in [-0.1, -0.05) is 12.1 Å². The van der Waals surface area contributed by atoms with Gasteiger partial charge in [0.25, 0.3) is 0 Å². The summed E-state index contributed by atoms with van der Waals surface area (Å²) in [6.45, 7) is 7.96. The molecule has 7 heteroatoms. The number of nitrogens with one attached hydrogen (secondary N) is 1. The molecule has 1 heterocycles. The molecule has 1 atom stereocenters. The maximum atomic E-state index is 11.9. The van der Waals surface area contributed by atoms with Crippen molar-refractivity contribution >= 4 is 11.7 Å². The number of quaternary nitrogens is 1. The molecule has 0 spiro atoms. The summed E-state index contributed by atoms with van der Waals surface area (Å²) in [5.74, 6) is -1.42. The van der Waals surface area contributed by atoms with Crippen molar-refractivity contribution in [2.45, 2.75) is 45.5 Å². The summed E-state index contributed by atoms with van der Waals surface area (Å²) in [6.07, 6.45) is -0.0996. The number of rotatable bonds is 4. The maximum Gasteiger partial charge on any atom is 0.311 e. The summed E-state index contributed by atoms with van der Waals surface area (Å²) in [5.41, 5.74) is 0.450. The van der Waals surface area contributed by atoms with E-state index >= 15 is 0 Å². The van der Waals surface area contributed by atoms with Crippen LogP contribution in [0, 0.1) is 5.21 Å². The average molecular weight is 325 g/mol. The van der Waals surface area contributed by atoms with Gasteiger partial charge >= 0.3 is 5.97 Å². The number of hydrogen-bond acceptors (Lipinski definition) is 6. The molecule has 0 aromatic heterocycles. The SMILES string of the molecule is CC(C)(C)OC(=O)Cc1ccc(C2(C)OCCO2)cc1[NH+]([O-])O. The summed E-state index contributed by atoms with van der Waals surface area (Å²) in [6, 6.07) is 4.82. The van der Waals surface area contributed by atoms with Crippen molar-refractivity contribution in [2.24, 2.45) is 0 Å². The molecule has 1 aliphatic rings. The van der Waals surface area contributed by atoms with Crippen molar-refractivity contribution in [1.29, 1.82) is 0 Å². The number of benzene rings is 1. The molecule has 7 nitrogen and oxygen atoms in total. The zero-order valence-electron chi connectivity index (χ0n) is 13.8. The third-order valence-electron chi connectivity index (χ3n) is 3.46. The van der Waals surface area contributed by atoms with E-state index in [2.05, 4.69) is 0 Å². The molecule has 0 bridgehead atoms. The van der Waals surface area contributed by atoms with Crippen LogP contribution in [0.1, 0.15) is 38.8 Å². The molecule has 0 saturated carbocycles. The molecule has 23 heavy (non-hydrogen) atoms. The Balaban J connectivity index is 2.25. The molecule has 0 amide bonds. The molecule has 1 aromatic rings. The summed E-state index contributed by atoms with van der Waals surface area (Å²) >= 11 is 0. The van der Waals surface area contributed by atoms with E-state index in [0.29, 0.717) is 24.3 Å². The van der Waals surface area contributed by atoms with Crippen LogP contribution in [0.5, 0.6) is 0 Å². The van der Waals surface area contributed by atoms with Crippen LogP contribution in [0.3, 0.4) is 0 Å². The average Bonchev–Trinajstić information content (AvgIpc) is 2.84. The minimum absolute atomic E-state index is 0.0497. The van der Waals surface area contributed by atoms with Gasteiger partial charge in [0.1, 0.15) is 5.60 Å². The standard InChI is InChI=1S/C16H23NO6/c1-15(2,3)23-14(18)9-11-5-6-12(10-13(11)17(19)20)16(4)21-7-8-22-16/h5-6,10,17,19H,7-9H2,1-4H3. The molecule has 1 aliphatic heterocycles. The van der Waals surface area contributed by atoms with E-state index in [0.717, 1.165) is 0 Å². The van der Waals surface area contributed by atoms with Gasteiger partial charge in [0, 0.05) is 17.2 Å². The molecule has 1 fully saturated rings. The van der Waals surface area contributed by atoms with E-state index in [1.165, 1.54) is 6.07 Å². The monoisotopic (exact) mass is 325 g/mol. The second-order valence-corrected chi connectivity index (χ2v) is 6.58. The van der Waals surface area contributed by atoms with Gasteiger partial charge in [0.2, 0.25) is 0 Å². The predicted molar refractivity (Wildman–Crippen MR) is 81.0 cm³/mol. The first-order valence-electron chi connectivity index (χ1n) is 7.47. The van der Waals surface area contributed by atoms with Gasteiger partial charge in [-0.15, -0.1) is 0 Å². The first-order valence-corrected chi connectivity index (χ1v) is 7.47. The van der Waals surface area contributed by atoms with Crippen LogP contribution in [-0.2, 0) is 31.2 Å². The van der Waals surface area contributed by atoms with Crippen molar-refractivity contribution < 1.29 is 29.4 Å². The highest BCUT2D eigenvalue weighted by Crippen LogP contribution is 2.32. The van der Waals surface area contributed by atoms with Gasteiger partial charge in [-0.2, -0.15) is 5.23 Å². The zero-order chi connectivity index (χ0) is 17.3. The summed E-state index contributed by atoms with van der Waals surface area (Å²) in [5, 5.41) is 19.9. The van der Waals surface area contributed by atoms with Crippen LogP contribution in [0.4, 0.5) is 5.69 Å². The van der Waals surface area contributed by atoms with Crippen molar-refractivity contribution in [1.82, 2.24) is 0 Å². The van der Waals surface area contributed by atoms with E-state index in [4.69, 9.17) is 14.2 Å². The Morgan fingerprint density at radius 3 is 2.52 bits per heavy atom. The Morgan fingerprint density at radius 1 is 1.39 bits per heavy atom. The third-order valence-corrected chi connectivity index (χ3v) is 3.46. The third kappa shape index (κ3) is 4.49. The maximum absolute atomic E-state index is 11.9. The minimum atomic E-state index is -1.10. The topological polar surface area (TPSA) is 92.5 Å². The fraction of sp³-hybridized carbons (Fsp3) is 0.562. The van der Waals surface area contributed by atoms with Crippen LogP contribution in [0.2, 0.25) is 0 Å². The summed E-state index contributed by atoms with van der Waals surface area (Å²) in [4.78, 5) is 11.9. The van der Waals surface area contributed by atoms with E-state index < -0.39 is 22.6 Å². The molecule has 128 valence electrons. The van der Waals surface area contributed by atoms with Gasteiger partial charge < -0.3 is 19.4 Å². The van der Waals surface area contributed by atoms with Gasteiger partial charge in [0.15, 0.2) is 11.5 Å². The molecule has 1 unspecified atom stereocenters. The first-order chi connectivity index (χ1) is 10.6. The van der Waals surface area contributed by atoms with E-state index in [-0.39, 0.29) is 12.1 Å². The fourth-order valence-electron chi connectivity index (χ4n) is 2.43. The number of hydrogen-bond donors (Lipinski definition) is 2. The van der Waals surface area contributed by atoms with E-state index in [1.807, 2.05) is 0 Å². The van der Waals surface area contributed by atoms with Crippen molar-refractivity contribution in [3.05, 3.63) is 34.5 Å².